The molecule has 0 saturated heterocycles. The largest absolute Gasteiger partial charge is 0.286 e. The molecule has 1 rings (SSSR count). The Balaban J connectivity index is 0.00000121. The van der Waals surface area contributed by atoms with E-state index in [1.165, 1.54) is 44.2 Å². The molecule has 0 radical (unpaired) electrons. The van der Waals surface area contributed by atoms with E-state index < -0.39 is 0 Å². The van der Waals surface area contributed by atoms with Crippen LogP contribution in [-0.2, 0) is 0 Å². The van der Waals surface area contributed by atoms with Crippen molar-refractivity contribution in [2.75, 3.05) is 0 Å². The molecule has 2 heteroatoms. The van der Waals surface area contributed by atoms with Crippen LogP contribution in [0.25, 0.3) is 0 Å². The minimum absolute atomic E-state index is 0.609. The van der Waals surface area contributed by atoms with Crippen LogP contribution < -0.4 is 5.43 Å². The Morgan fingerprint density at radius 1 is 1.18 bits per heavy atom. The van der Waals surface area contributed by atoms with E-state index in [4.69, 9.17) is 0 Å². The fourth-order valence-electron chi connectivity index (χ4n) is 2.09. The number of nitrogens with one attached hydrogen (secondary N) is 1. The summed E-state index contributed by atoms with van der Waals surface area (Å²) in [5, 5.41) is 4.31. The standard InChI is InChI=1S/C13H24N2.C2H6/c1-4-6-8-12-10-14-15-11(3)13(12)9-7-5-2;1-2/h10,13-14H,4-9H2,1-3H3;1-2H3. The van der Waals surface area contributed by atoms with Gasteiger partial charge >= 0.3 is 0 Å². The molecule has 0 aromatic heterocycles. The zero-order chi connectivity index (χ0) is 13.1. The highest BCUT2D eigenvalue weighted by atomic mass is 15.3. The van der Waals surface area contributed by atoms with Crippen molar-refractivity contribution in [2.24, 2.45) is 11.0 Å². The van der Waals surface area contributed by atoms with Crippen LogP contribution in [0.3, 0.4) is 0 Å². The van der Waals surface area contributed by atoms with Crippen LogP contribution in [-0.4, -0.2) is 5.71 Å². The maximum atomic E-state index is 4.31. The summed E-state index contributed by atoms with van der Waals surface area (Å²) in [5.41, 5.74) is 5.84. The van der Waals surface area contributed by atoms with Gasteiger partial charge in [-0.15, -0.1) is 0 Å². The molecule has 1 unspecified atom stereocenters. The summed E-state index contributed by atoms with van der Waals surface area (Å²) >= 11 is 0. The second-order valence-electron chi connectivity index (χ2n) is 4.40. The van der Waals surface area contributed by atoms with Crippen molar-refractivity contribution in [1.29, 1.82) is 0 Å². The van der Waals surface area contributed by atoms with Crippen molar-refractivity contribution in [3.63, 3.8) is 0 Å². The molecule has 17 heavy (non-hydrogen) atoms. The topological polar surface area (TPSA) is 24.4 Å². The molecule has 0 aliphatic carbocycles. The van der Waals surface area contributed by atoms with Crippen molar-refractivity contribution >= 4 is 5.71 Å². The lowest BCUT2D eigenvalue weighted by Crippen LogP contribution is -2.22. The zero-order valence-electron chi connectivity index (χ0n) is 12.3. The first-order chi connectivity index (χ1) is 8.29. The first-order valence-corrected chi connectivity index (χ1v) is 7.28. The highest BCUT2D eigenvalue weighted by molar-refractivity contribution is 5.87. The highest BCUT2D eigenvalue weighted by Gasteiger charge is 2.19. The molecule has 0 amide bonds. The van der Waals surface area contributed by atoms with Gasteiger partial charge in [0, 0.05) is 17.8 Å². The molecule has 0 spiro atoms. The average molecular weight is 238 g/mol. The SMILES string of the molecule is CC.CCCCC1=CNN=C(C)C1CCCC. The van der Waals surface area contributed by atoms with Gasteiger partial charge in [-0.2, -0.15) is 5.10 Å². The lowest BCUT2D eigenvalue weighted by molar-refractivity contribution is 0.590. The Morgan fingerprint density at radius 3 is 2.41 bits per heavy atom. The quantitative estimate of drug-likeness (QED) is 0.701. The second-order valence-corrected chi connectivity index (χ2v) is 4.40. The Hall–Kier alpha value is -0.790. The van der Waals surface area contributed by atoms with Gasteiger partial charge in [-0.1, -0.05) is 47.0 Å². The molecular formula is C15H30N2. The van der Waals surface area contributed by atoms with E-state index in [1.54, 1.807) is 5.57 Å². The van der Waals surface area contributed by atoms with Gasteiger partial charge in [0.2, 0.25) is 0 Å². The third kappa shape index (κ3) is 5.90. The van der Waals surface area contributed by atoms with Crippen LogP contribution in [0.4, 0.5) is 0 Å². The molecule has 0 aromatic rings. The maximum absolute atomic E-state index is 4.31. The fourth-order valence-corrected chi connectivity index (χ4v) is 2.09. The fraction of sp³-hybridized carbons (Fsp3) is 0.800. The van der Waals surface area contributed by atoms with Crippen molar-refractivity contribution in [3.05, 3.63) is 11.8 Å². The first kappa shape index (κ1) is 16.2. The lowest BCUT2D eigenvalue weighted by atomic mass is 9.86. The van der Waals surface area contributed by atoms with Crippen molar-refractivity contribution in [3.8, 4) is 0 Å². The van der Waals surface area contributed by atoms with E-state index in [0.29, 0.717) is 5.92 Å². The molecule has 0 fully saturated rings. The Labute approximate surface area is 108 Å². The van der Waals surface area contributed by atoms with Gasteiger partial charge in [0.05, 0.1) is 0 Å². The summed E-state index contributed by atoms with van der Waals surface area (Å²) in [5.74, 6) is 0.609. The van der Waals surface area contributed by atoms with Crippen LogP contribution in [0.5, 0.6) is 0 Å². The number of rotatable bonds is 6. The minimum Gasteiger partial charge on any atom is -0.286 e. The van der Waals surface area contributed by atoms with E-state index >= 15 is 0 Å². The maximum Gasteiger partial charge on any atom is 0.0423 e. The number of hydrogen-bond acceptors (Lipinski definition) is 2. The molecule has 0 aromatic carbocycles. The summed E-state index contributed by atoms with van der Waals surface area (Å²) in [6.07, 6.45) is 9.76. The van der Waals surface area contributed by atoms with Crippen LogP contribution in [0, 0.1) is 5.92 Å². The second kappa shape index (κ2) is 10.4. The van der Waals surface area contributed by atoms with Gasteiger partial charge in [-0.3, -0.25) is 5.43 Å². The summed E-state index contributed by atoms with van der Waals surface area (Å²) in [6.45, 7) is 10.6. The van der Waals surface area contributed by atoms with Crippen molar-refractivity contribution in [1.82, 2.24) is 5.43 Å². The first-order valence-electron chi connectivity index (χ1n) is 7.28. The summed E-state index contributed by atoms with van der Waals surface area (Å²) in [7, 11) is 0. The van der Waals surface area contributed by atoms with Gasteiger partial charge in [0.15, 0.2) is 0 Å². The van der Waals surface area contributed by atoms with Gasteiger partial charge in [-0.25, -0.2) is 0 Å². The normalized spacial score (nSPS) is 18.5. The Morgan fingerprint density at radius 2 is 1.82 bits per heavy atom. The van der Waals surface area contributed by atoms with Gasteiger partial charge < -0.3 is 0 Å². The number of hydrazone groups is 1. The highest BCUT2D eigenvalue weighted by Crippen LogP contribution is 2.25. The van der Waals surface area contributed by atoms with Gasteiger partial charge in [-0.05, 0) is 31.8 Å². The predicted molar refractivity (Wildman–Crippen MR) is 78.2 cm³/mol. The van der Waals surface area contributed by atoms with Crippen LogP contribution in [0.15, 0.2) is 16.9 Å². The average Bonchev–Trinajstić information content (AvgIpc) is 2.37. The van der Waals surface area contributed by atoms with E-state index in [1.807, 2.05) is 13.8 Å². The van der Waals surface area contributed by atoms with E-state index in [2.05, 4.69) is 37.5 Å². The lowest BCUT2D eigenvalue weighted by Gasteiger charge is -2.23. The molecule has 0 bridgehead atoms. The van der Waals surface area contributed by atoms with Crippen molar-refractivity contribution < 1.29 is 0 Å². The van der Waals surface area contributed by atoms with Gasteiger partial charge in [0.1, 0.15) is 0 Å². The summed E-state index contributed by atoms with van der Waals surface area (Å²) in [6, 6.07) is 0. The third-order valence-corrected chi connectivity index (χ3v) is 3.11. The minimum atomic E-state index is 0.609. The smallest absolute Gasteiger partial charge is 0.0423 e. The zero-order valence-corrected chi connectivity index (χ0v) is 12.3. The molecule has 1 aliphatic rings. The van der Waals surface area contributed by atoms with E-state index in [0.717, 1.165) is 0 Å². The molecule has 1 heterocycles. The number of hydrogen-bond donors (Lipinski definition) is 1. The van der Waals surface area contributed by atoms with Crippen LogP contribution in [0.2, 0.25) is 0 Å². The Kier molecular flexibility index (Phi) is 9.89. The molecule has 1 aliphatic heterocycles. The summed E-state index contributed by atoms with van der Waals surface area (Å²) < 4.78 is 0. The number of allylic oxidation sites excluding steroid dienone is 1. The molecule has 100 valence electrons. The molecular weight excluding hydrogens is 208 g/mol. The predicted octanol–water partition coefficient (Wildman–Crippen LogP) is 4.87. The molecule has 1 atom stereocenters. The molecule has 1 N–H and O–H groups in total. The summed E-state index contributed by atoms with van der Waals surface area (Å²) in [4.78, 5) is 0. The van der Waals surface area contributed by atoms with Crippen LogP contribution in [0.1, 0.15) is 73.1 Å². The van der Waals surface area contributed by atoms with E-state index in [-0.39, 0.29) is 0 Å². The van der Waals surface area contributed by atoms with Crippen molar-refractivity contribution in [2.45, 2.75) is 73.1 Å². The van der Waals surface area contributed by atoms with E-state index in [9.17, 15) is 0 Å². The number of nitrogens with zero attached hydrogens (tertiary/aromatic N) is 1. The van der Waals surface area contributed by atoms with Gasteiger partial charge in [0.25, 0.3) is 0 Å². The third-order valence-electron chi connectivity index (χ3n) is 3.11. The molecule has 0 saturated carbocycles. The number of unbranched alkanes of at least 4 members (excludes halogenated alkanes) is 2. The molecule has 2 nitrogen and oxygen atoms in total. The Bertz CT molecular complexity index is 241. The monoisotopic (exact) mass is 238 g/mol. The van der Waals surface area contributed by atoms with Crippen LogP contribution >= 0.6 is 0 Å².